The van der Waals surface area contributed by atoms with Crippen LogP contribution in [0.15, 0.2) is 12.4 Å². The summed E-state index contributed by atoms with van der Waals surface area (Å²) in [6, 6.07) is 0.176. The van der Waals surface area contributed by atoms with Crippen LogP contribution >= 0.6 is 0 Å². The largest absolute Gasteiger partial charge is 0.366 e. The summed E-state index contributed by atoms with van der Waals surface area (Å²) in [6.07, 6.45) is 4.82. The van der Waals surface area contributed by atoms with Crippen molar-refractivity contribution < 1.29 is 0 Å². The molecule has 7 heteroatoms. The Balaban J connectivity index is 2.04. The maximum Gasteiger partial charge on any atom is 0.241 e. The maximum atomic E-state index is 5.60. The Morgan fingerprint density at radius 3 is 3.19 bits per heavy atom. The highest BCUT2D eigenvalue weighted by atomic mass is 15.4. The minimum Gasteiger partial charge on any atom is -0.366 e. The standard InChI is InChI=1S/C9H13N7/c1-15-5-6(4-12-15)7-2-3-11-9-13-8(10)14-16(7)9/h4-5,7H,2-3H2,1H3,(H3,10,11,13,14). The number of hydrogen-bond acceptors (Lipinski definition) is 5. The molecule has 0 aromatic carbocycles. The van der Waals surface area contributed by atoms with E-state index < -0.39 is 0 Å². The lowest BCUT2D eigenvalue weighted by Crippen LogP contribution is -2.24. The molecule has 3 N–H and O–H groups in total. The van der Waals surface area contributed by atoms with Gasteiger partial charge >= 0.3 is 0 Å². The topological polar surface area (TPSA) is 86.6 Å². The summed E-state index contributed by atoms with van der Waals surface area (Å²) in [5.41, 5.74) is 6.73. The van der Waals surface area contributed by atoms with Crippen molar-refractivity contribution in [3.05, 3.63) is 18.0 Å². The van der Waals surface area contributed by atoms with E-state index in [0.29, 0.717) is 5.95 Å². The van der Waals surface area contributed by atoms with Gasteiger partial charge in [-0.25, -0.2) is 4.68 Å². The van der Waals surface area contributed by atoms with Crippen molar-refractivity contribution in [2.24, 2.45) is 7.05 Å². The first-order chi connectivity index (χ1) is 7.74. The fraction of sp³-hybridized carbons (Fsp3) is 0.444. The van der Waals surface area contributed by atoms with Crippen molar-refractivity contribution in [2.75, 3.05) is 17.6 Å². The van der Waals surface area contributed by atoms with Gasteiger partial charge in [-0.2, -0.15) is 10.1 Å². The summed E-state index contributed by atoms with van der Waals surface area (Å²) in [5, 5.41) is 11.5. The van der Waals surface area contributed by atoms with Gasteiger partial charge in [-0.1, -0.05) is 0 Å². The third-order valence-corrected chi connectivity index (χ3v) is 2.75. The third-order valence-electron chi connectivity index (χ3n) is 2.75. The molecule has 0 fully saturated rings. The zero-order valence-electron chi connectivity index (χ0n) is 8.96. The average molecular weight is 219 g/mol. The molecular weight excluding hydrogens is 206 g/mol. The first kappa shape index (κ1) is 9.20. The van der Waals surface area contributed by atoms with E-state index in [0.717, 1.165) is 24.5 Å². The molecule has 2 aromatic rings. The van der Waals surface area contributed by atoms with E-state index in [1.54, 1.807) is 4.68 Å². The van der Waals surface area contributed by atoms with Crippen LogP contribution in [0, 0.1) is 0 Å². The van der Waals surface area contributed by atoms with E-state index in [2.05, 4.69) is 20.5 Å². The average Bonchev–Trinajstić information content (AvgIpc) is 2.82. The Labute approximate surface area is 92.3 Å². The SMILES string of the molecule is Cn1cc(C2CCNc3nc(N)nn32)cn1. The van der Waals surface area contributed by atoms with Crippen molar-refractivity contribution in [1.29, 1.82) is 0 Å². The van der Waals surface area contributed by atoms with Gasteiger partial charge in [-0.05, 0) is 6.42 Å². The van der Waals surface area contributed by atoms with Crippen LogP contribution in [0.2, 0.25) is 0 Å². The van der Waals surface area contributed by atoms with Crippen LogP contribution in [-0.2, 0) is 7.05 Å². The summed E-state index contributed by atoms with van der Waals surface area (Å²) in [4.78, 5) is 4.13. The van der Waals surface area contributed by atoms with E-state index in [1.165, 1.54) is 0 Å². The fourth-order valence-electron chi connectivity index (χ4n) is 2.04. The minimum atomic E-state index is 0.176. The summed E-state index contributed by atoms with van der Waals surface area (Å²) in [6.45, 7) is 0.873. The number of nitrogens with one attached hydrogen (secondary N) is 1. The van der Waals surface area contributed by atoms with E-state index in [1.807, 2.05) is 24.1 Å². The van der Waals surface area contributed by atoms with Crippen LogP contribution in [0.3, 0.4) is 0 Å². The molecule has 84 valence electrons. The smallest absolute Gasteiger partial charge is 0.241 e. The number of nitrogens with two attached hydrogens (primary N) is 1. The lowest BCUT2D eigenvalue weighted by atomic mass is 10.1. The Kier molecular flexibility index (Phi) is 1.85. The number of hydrogen-bond donors (Lipinski definition) is 2. The lowest BCUT2D eigenvalue weighted by molar-refractivity contribution is 0.481. The van der Waals surface area contributed by atoms with Crippen molar-refractivity contribution in [3.63, 3.8) is 0 Å². The van der Waals surface area contributed by atoms with Crippen LogP contribution < -0.4 is 11.1 Å². The molecule has 1 aliphatic heterocycles. The zero-order chi connectivity index (χ0) is 11.1. The van der Waals surface area contributed by atoms with Gasteiger partial charge in [0, 0.05) is 25.4 Å². The quantitative estimate of drug-likeness (QED) is 0.705. The highest BCUT2D eigenvalue weighted by Gasteiger charge is 2.24. The van der Waals surface area contributed by atoms with E-state index in [-0.39, 0.29) is 6.04 Å². The second kappa shape index (κ2) is 3.22. The molecule has 3 rings (SSSR count). The van der Waals surface area contributed by atoms with Crippen LogP contribution in [0.1, 0.15) is 18.0 Å². The van der Waals surface area contributed by atoms with Gasteiger partial charge in [0.15, 0.2) is 0 Å². The Hall–Kier alpha value is -2.05. The molecule has 0 spiro atoms. The van der Waals surface area contributed by atoms with Crippen LogP contribution in [-0.4, -0.2) is 31.1 Å². The van der Waals surface area contributed by atoms with Gasteiger partial charge < -0.3 is 11.1 Å². The highest BCUT2D eigenvalue weighted by molar-refractivity contribution is 5.36. The van der Waals surface area contributed by atoms with Gasteiger partial charge in [-0.15, -0.1) is 5.10 Å². The lowest BCUT2D eigenvalue weighted by Gasteiger charge is -2.23. The zero-order valence-corrected chi connectivity index (χ0v) is 8.96. The van der Waals surface area contributed by atoms with Crippen molar-refractivity contribution in [3.8, 4) is 0 Å². The molecule has 1 atom stereocenters. The molecule has 0 saturated carbocycles. The number of aryl methyl sites for hydroxylation is 1. The molecule has 7 nitrogen and oxygen atoms in total. The van der Waals surface area contributed by atoms with Crippen molar-refractivity contribution in [2.45, 2.75) is 12.5 Å². The molecular formula is C9H13N7. The molecule has 0 amide bonds. The van der Waals surface area contributed by atoms with Crippen LogP contribution in [0.5, 0.6) is 0 Å². The fourth-order valence-corrected chi connectivity index (χ4v) is 2.04. The van der Waals surface area contributed by atoms with Crippen LogP contribution in [0.25, 0.3) is 0 Å². The monoisotopic (exact) mass is 219 g/mol. The van der Waals surface area contributed by atoms with E-state index in [9.17, 15) is 0 Å². The minimum absolute atomic E-state index is 0.176. The summed E-state index contributed by atoms with van der Waals surface area (Å²) in [7, 11) is 1.90. The number of nitrogen functional groups attached to an aromatic ring is 1. The van der Waals surface area contributed by atoms with E-state index in [4.69, 9.17) is 5.73 Å². The molecule has 0 aliphatic carbocycles. The van der Waals surface area contributed by atoms with Crippen molar-refractivity contribution in [1.82, 2.24) is 24.5 Å². The normalized spacial score (nSPS) is 19.2. The first-order valence-electron chi connectivity index (χ1n) is 5.18. The number of anilines is 2. The predicted molar refractivity (Wildman–Crippen MR) is 58.9 cm³/mol. The molecule has 3 heterocycles. The predicted octanol–water partition coefficient (Wildman–Crippen LogP) is -0.00120. The van der Waals surface area contributed by atoms with Gasteiger partial charge in [-0.3, -0.25) is 4.68 Å². The molecule has 1 unspecified atom stereocenters. The van der Waals surface area contributed by atoms with Gasteiger partial charge in [0.05, 0.1) is 12.2 Å². The van der Waals surface area contributed by atoms with Crippen LogP contribution in [0.4, 0.5) is 11.9 Å². The second-order valence-electron chi connectivity index (χ2n) is 3.92. The number of fused-ring (bicyclic) bond motifs is 1. The molecule has 2 aromatic heterocycles. The molecule has 0 saturated heterocycles. The molecule has 16 heavy (non-hydrogen) atoms. The van der Waals surface area contributed by atoms with Crippen molar-refractivity contribution >= 4 is 11.9 Å². The molecule has 0 bridgehead atoms. The first-order valence-corrected chi connectivity index (χ1v) is 5.18. The molecule has 0 radical (unpaired) electrons. The Morgan fingerprint density at radius 2 is 2.44 bits per heavy atom. The molecule has 1 aliphatic rings. The number of nitrogens with zero attached hydrogens (tertiary/aromatic N) is 5. The Morgan fingerprint density at radius 1 is 1.56 bits per heavy atom. The van der Waals surface area contributed by atoms with E-state index >= 15 is 0 Å². The third kappa shape index (κ3) is 1.32. The summed E-state index contributed by atoms with van der Waals surface area (Å²) < 4.78 is 3.62. The summed E-state index contributed by atoms with van der Waals surface area (Å²) in [5.74, 6) is 1.04. The number of aromatic nitrogens is 5. The maximum absolute atomic E-state index is 5.60. The summed E-state index contributed by atoms with van der Waals surface area (Å²) >= 11 is 0. The highest BCUT2D eigenvalue weighted by Crippen LogP contribution is 2.27. The Bertz CT molecular complexity index is 512. The second-order valence-corrected chi connectivity index (χ2v) is 3.92. The van der Waals surface area contributed by atoms with Gasteiger partial charge in [0.25, 0.3) is 0 Å². The van der Waals surface area contributed by atoms with Gasteiger partial charge in [0.2, 0.25) is 11.9 Å². The van der Waals surface area contributed by atoms with Gasteiger partial charge in [0.1, 0.15) is 0 Å². The number of rotatable bonds is 1.